The lowest BCUT2D eigenvalue weighted by Crippen LogP contribution is -2.53. The fourth-order valence-electron chi connectivity index (χ4n) is 3.92. The summed E-state index contributed by atoms with van der Waals surface area (Å²) in [7, 11) is 0. The minimum atomic E-state index is -0.435. The van der Waals surface area contributed by atoms with Gasteiger partial charge in [0.1, 0.15) is 5.82 Å². The van der Waals surface area contributed by atoms with Crippen molar-refractivity contribution in [2.24, 2.45) is 0 Å². The number of carbonyl (C=O) groups excluding carboxylic acids is 2. The average molecular weight is 427 g/mol. The van der Waals surface area contributed by atoms with Crippen LogP contribution in [0, 0.1) is 15.9 Å². The lowest BCUT2D eigenvalue weighted by molar-refractivity contribution is -0.384. The molecule has 2 saturated heterocycles. The smallest absolute Gasteiger partial charge is 0.317 e. The van der Waals surface area contributed by atoms with E-state index in [9.17, 15) is 24.1 Å². The summed E-state index contributed by atoms with van der Waals surface area (Å²) in [4.78, 5) is 40.6. The predicted molar refractivity (Wildman–Crippen MR) is 113 cm³/mol. The summed E-state index contributed by atoms with van der Waals surface area (Å²) >= 11 is 0. The molecule has 10 heteroatoms. The van der Waals surface area contributed by atoms with Gasteiger partial charge in [0.25, 0.3) is 5.69 Å². The number of nitro benzene ring substituents is 1. The first-order chi connectivity index (χ1) is 14.9. The minimum Gasteiger partial charge on any atom is -0.368 e. The molecule has 3 amide bonds. The Labute approximate surface area is 178 Å². The molecular formula is C21H22FN5O4. The number of anilines is 2. The van der Waals surface area contributed by atoms with Crippen LogP contribution in [0.15, 0.2) is 48.5 Å². The van der Waals surface area contributed by atoms with Gasteiger partial charge in [-0.25, -0.2) is 9.18 Å². The zero-order chi connectivity index (χ0) is 22.0. The van der Waals surface area contributed by atoms with Gasteiger partial charge in [-0.2, -0.15) is 0 Å². The van der Waals surface area contributed by atoms with Crippen LogP contribution in [-0.4, -0.2) is 60.5 Å². The fraction of sp³-hybridized carbons (Fsp3) is 0.333. The molecule has 2 aromatic rings. The molecule has 0 radical (unpaired) electrons. The van der Waals surface area contributed by atoms with E-state index in [1.54, 1.807) is 29.2 Å². The number of hydrogen-bond donors (Lipinski definition) is 1. The van der Waals surface area contributed by atoms with Gasteiger partial charge in [-0.05, 0) is 30.3 Å². The number of nitrogens with one attached hydrogen (secondary N) is 1. The first kappa shape index (κ1) is 20.6. The highest BCUT2D eigenvalue weighted by atomic mass is 19.1. The van der Waals surface area contributed by atoms with Crippen molar-refractivity contribution in [3.05, 3.63) is 64.5 Å². The normalized spacial score (nSPS) is 18.9. The molecule has 2 aliphatic rings. The number of benzene rings is 2. The Kier molecular flexibility index (Phi) is 5.70. The van der Waals surface area contributed by atoms with Crippen molar-refractivity contribution in [3.8, 4) is 0 Å². The van der Waals surface area contributed by atoms with Gasteiger partial charge in [0.2, 0.25) is 5.91 Å². The second-order valence-corrected chi connectivity index (χ2v) is 7.58. The lowest BCUT2D eigenvalue weighted by atomic mass is 10.2. The van der Waals surface area contributed by atoms with Gasteiger partial charge >= 0.3 is 6.03 Å². The standard InChI is InChI=1S/C21H22FN5O4/c22-15-2-1-3-19(12-15)26-14-16(13-20(26)28)23-21(29)25-10-8-24(9-11-25)17-4-6-18(7-5-17)27(30)31/h1-7,12,16H,8-11,13-14H2,(H,23,29)/t16-/m1/s1. The molecule has 2 aromatic carbocycles. The predicted octanol–water partition coefficient (Wildman–Crippen LogP) is 2.37. The van der Waals surface area contributed by atoms with Crippen LogP contribution < -0.4 is 15.1 Å². The molecule has 9 nitrogen and oxygen atoms in total. The second kappa shape index (κ2) is 8.58. The van der Waals surface area contributed by atoms with Crippen molar-refractivity contribution in [3.63, 3.8) is 0 Å². The Morgan fingerprint density at radius 2 is 1.77 bits per heavy atom. The molecule has 0 aliphatic carbocycles. The maximum absolute atomic E-state index is 13.5. The van der Waals surface area contributed by atoms with Crippen molar-refractivity contribution in [1.29, 1.82) is 0 Å². The van der Waals surface area contributed by atoms with E-state index in [0.717, 1.165) is 5.69 Å². The first-order valence-electron chi connectivity index (χ1n) is 10.0. The van der Waals surface area contributed by atoms with E-state index >= 15 is 0 Å². The van der Waals surface area contributed by atoms with E-state index in [4.69, 9.17) is 0 Å². The SMILES string of the molecule is O=C(N[C@@H]1CC(=O)N(c2cccc(F)c2)C1)N1CCN(c2ccc([N+](=O)[O-])cc2)CC1. The Bertz CT molecular complexity index is 992. The molecule has 1 N–H and O–H groups in total. The molecule has 0 spiro atoms. The third-order valence-electron chi connectivity index (χ3n) is 5.57. The van der Waals surface area contributed by atoms with Crippen molar-refractivity contribution in [1.82, 2.24) is 10.2 Å². The Hall–Kier alpha value is -3.69. The number of halogens is 1. The highest BCUT2D eigenvalue weighted by Gasteiger charge is 2.33. The molecule has 0 unspecified atom stereocenters. The third-order valence-corrected chi connectivity index (χ3v) is 5.57. The highest BCUT2D eigenvalue weighted by Crippen LogP contribution is 2.23. The number of carbonyl (C=O) groups is 2. The summed E-state index contributed by atoms with van der Waals surface area (Å²) in [5, 5.41) is 13.7. The van der Waals surface area contributed by atoms with Gasteiger partial charge in [0, 0.05) is 62.7 Å². The second-order valence-electron chi connectivity index (χ2n) is 7.58. The van der Waals surface area contributed by atoms with Gasteiger partial charge < -0.3 is 20.0 Å². The van der Waals surface area contributed by atoms with Crippen LogP contribution in [0.3, 0.4) is 0 Å². The summed E-state index contributed by atoms with van der Waals surface area (Å²) < 4.78 is 13.5. The molecule has 2 heterocycles. The molecule has 162 valence electrons. The third kappa shape index (κ3) is 4.57. The number of nitrogens with zero attached hydrogens (tertiary/aromatic N) is 4. The number of rotatable bonds is 4. The van der Waals surface area contributed by atoms with Gasteiger partial charge in [-0.15, -0.1) is 0 Å². The molecule has 1 atom stereocenters. The van der Waals surface area contributed by atoms with E-state index in [1.807, 2.05) is 0 Å². The van der Waals surface area contributed by atoms with E-state index < -0.39 is 10.7 Å². The molecular weight excluding hydrogens is 405 g/mol. The quantitative estimate of drug-likeness (QED) is 0.597. The zero-order valence-electron chi connectivity index (χ0n) is 16.7. The topological polar surface area (TPSA) is 99.0 Å². The van der Waals surface area contributed by atoms with E-state index in [0.29, 0.717) is 38.4 Å². The molecule has 4 rings (SSSR count). The summed E-state index contributed by atoms with van der Waals surface area (Å²) in [6, 6.07) is 11.6. The lowest BCUT2D eigenvalue weighted by Gasteiger charge is -2.36. The Morgan fingerprint density at radius 3 is 2.42 bits per heavy atom. The van der Waals surface area contributed by atoms with Crippen LogP contribution in [0.2, 0.25) is 0 Å². The van der Waals surface area contributed by atoms with E-state index in [1.165, 1.54) is 29.2 Å². The molecule has 0 bridgehead atoms. The van der Waals surface area contributed by atoms with Gasteiger partial charge in [-0.1, -0.05) is 6.07 Å². The largest absolute Gasteiger partial charge is 0.368 e. The molecule has 2 aliphatic heterocycles. The summed E-state index contributed by atoms with van der Waals surface area (Å²) in [6.07, 6.45) is 0.172. The Morgan fingerprint density at radius 1 is 1.06 bits per heavy atom. The van der Waals surface area contributed by atoms with Crippen molar-refractivity contribution >= 4 is 29.0 Å². The van der Waals surface area contributed by atoms with Crippen molar-refractivity contribution in [2.45, 2.75) is 12.5 Å². The molecule has 0 aromatic heterocycles. The highest BCUT2D eigenvalue weighted by molar-refractivity contribution is 5.96. The average Bonchev–Trinajstić information content (AvgIpc) is 3.14. The summed E-state index contributed by atoms with van der Waals surface area (Å²) in [5.74, 6) is -0.567. The zero-order valence-corrected chi connectivity index (χ0v) is 16.7. The monoisotopic (exact) mass is 427 g/mol. The Balaban J connectivity index is 1.29. The van der Waals surface area contributed by atoms with E-state index in [-0.39, 0.29) is 30.1 Å². The summed E-state index contributed by atoms with van der Waals surface area (Å²) in [5.41, 5.74) is 1.40. The van der Waals surface area contributed by atoms with Crippen LogP contribution in [0.5, 0.6) is 0 Å². The number of amides is 3. The van der Waals surface area contributed by atoms with E-state index in [2.05, 4.69) is 10.2 Å². The van der Waals surface area contributed by atoms with Gasteiger partial charge in [-0.3, -0.25) is 14.9 Å². The van der Waals surface area contributed by atoms with Crippen molar-refractivity contribution in [2.75, 3.05) is 42.5 Å². The number of nitro groups is 1. The maximum Gasteiger partial charge on any atom is 0.317 e. The number of piperazine rings is 1. The van der Waals surface area contributed by atoms with Crippen LogP contribution in [0.4, 0.5) is 26.2 Å². The van der Waals surface area contributed by atoms with Crippen LogP contribution >= 0.6 is 0 Å². The van der Waals surface area contributed by atoms with Crippen LogP contribution in [0.1, 0.15) is 6.42 Å². The first-order valence-corrected chi connectivity index (χ1v) is 10.0. The van der Waals surface area contributed by atoms with Crippen LogP contribution in [-0.2, 0) is 4.79 Å². The molecule has 0 saturated carbocycles. The van der Waals surface area contributed by atoms with Gasteiger partial charge in [0.15, 0.2) is 0 Å². The molecule has 31 heavy (non-hydrogen) atoms. The number of urea groups is 1. The maximum atomic E-state index is 13.5. The molecule has 2 fully saturated rings. The van der Waals surface area contributed by atoms with Gasteiger partial charge in [0.05, 0.1) is 11.0 Å². The van der Waals surface area contributed by atoms with Crippen molar-refractivity contribution < 1.29 is 18.9 Å². The number of non-ortho nitro benzene ring substituents is 1. The van der Waals surface area contributed by atoms with Crippen LogP contribution in [0.25, 0.3) is 0 Å². The summed E-state index contributed by atoms with van der Waals surface area (Å²) in [6.45, 7) is 2.50. The number of hydrogen-bond acceptors (Lipinski definition) is 5. The fourth-order valence-corrected chi connectivity index (χ4v) is 3.92. The minimum absolute atomic E-state index is 0.0418.